The van der Waals surface area contributed by atoms with E-state index in [0.717, 1.165) is 30.8 Å². The second-order valence-corrected chi connectivity index (χ2v) is 5.01. The molecule has 1 aromatic carbocycles. The molecule has 2 heterocycles. The van der Waals surface area contributed by atoms with E-state index in [1.165, 1.54) is 6.07 Å². The number of rotatable bonds is 0. The summed E-state index contributed by atoms with van der Waals surface area (Å²) in [6.45, 7) is 1.95. The third-order valence-electron chi connectivity index (χ3n) is 3.75. The average molecular weight is 241 g/mol. The van der Waals surface area contributed by atoms with Crippen molar-refractivity contribution in [3.63, 3.8) is 0 Å². The Kier molecular flexibility index (Phi) is 2.33. The number of anilines is 1. The van der Waals surface area contributed by atoms with E-state index >= 15 is 0 Å². The highest BCUT2D eigenvalue weighted by atomic mass is 35.5. The first-order chi connectivity index (χ1) is 7.68. The predicted octanol–water partition coefficient (Wildman–Crippen LogP) is 2.37. The zero-order valence-electron chi connectivity index (χ0n) is 9.13. The predicted molar refractivity (Wildman–Crippen MR) is 63.8 cm³/mol. The molecule has 0 radical (unpaired) electrons. The first-order valence-electron chi connectivity index (χ1n) is 5.61. The lowest BCUT2D eigenvalue weighted by molar-refractivity contribution is 0.412. The Labute approximate surface area is 99.4 Å². The van der Waals surface area contributed by atoms with E-state index in [0.29, 0.717) is 17.0 Å². The van der Waals surface area contributed by atoms with Gasteiger partial charge in [0.15, 0.2) is 0 Å². The summed E-state index contributed by atoms with van der Waals surface area (Å²) in [5, 5.41) is 3.90. The van der Waals surface area contributed by atoms with Crippen LogP contribution in [0.2, 0.25) is 5.02 Å². The van der Waals surface area contributed by atoms with Crippen molar-refractivity contribution < 1.29 is 4.39 Å². The van der Waals surface area contributed by atoms with E-state index in [9.17, 15) is 4.39 Å². The average Bonchev–Trinajstić information content (AvgIpc) is 2.54. The monoisotopic (exact) mass is 240 g/mol. The molecule has 0 spiro atoms. The first-order valence-corrected chi connectivity index (χ1v) is 5.99. The summed E-state index contributed by atoms with van der Waals surface area (Å²) < 4.78 is 13.4. The fraction of sp³-hybridized carbons (Fsp3) is 0.500. The van der Waals surface area contributed by atoms with Crippen LogP contribution in [0.25, 0.3) is 0 Å². The topological polar surface area (TPSA) is 15.3 Å². The summed E-state index contributed by atoms with van der Waals surface area (Å²) in [5.74, 6) is 0.144. The Morgan fingerprint density at radius 1 is 1.50 bits per heavy atom. The van der Waals surface area contributed by atoms with E-state index in [1.807, 2.05) is 0 Å². The smallest absolute Gasteiger partial charge is 0.125 e. The number of fused-ring (bicyclic) bond motifs is 3. The van der Waals surface area contributed by atoms with Gasteiger partial charge in [-0.1, -0.05) is 11.6 Å². The summed E-state index contributed by atoms with van der Waals surface area (Å²) in [4.78, 5) is 2.21. The molecule has 1 N–H and O–H groups in total. The number of piperidine rings is 1. The zero-order valence-corrected chi connectivity index (χ0v) is 9.89. The molecule has 2 nitrogen and oxygen atoms in total. The van der Waals surface area contributed by atoms with E-state index in [2.05, 4.69) is 17.3 Å². The molecule has 0 bridgehead atoms. The van der Waals surface area contributed by atoms with Crippen LogP contribution in [0.3, 0.4) is 0 Å². The van der Waals surface area contributed by atoms with Gasteiger partial charge < -0.3 is 10.2 Å². The normalized spacial score (nSPS) is 27.8. The van der Waals surface area contributed by atoms with Crippen LogP contribution in [0.1, 0.15) is 17.9 Å². The molecule has 2 aliphatic rings. The third-order valence-corrected chi connectivity index (χ3v) is 4.04. The lowest BCUT2D eigenvalue weighted by Gasteiger charge is -2.31. The van der Waals surface area contributed by atoms with Crippen LogP contribution in [0.4, 0.5) is 10.1 Å². The summed E-state index contributed by atoms with van der Waals surface area (Å²) in [7, 11) is 2.05. The van der Waals surface area contributed by atoms with Crippen molar-refractivity contribution in [1.29, 1.82) is 0 Å². The second-order valence-electron chi connectivity index (χ2n) is 4.60. The molecule has 16 heavy (non-hydrogen) atoms. The van der Waals surface area contributed by atoms with E-state index in [1.54, 1.807) is 6.07 Å². The lowest BCUT2D eigenvalue weighted by Crippen LogP contribution is -2.42. The van der Waals surface area contributed by atoms with Crippen LogP contribution >= 0.6 is 11.6 Å². The molecule has 3 rings (SSSR count). The van der Waals surface area contributed by atoms with Gasteiger partial charge in [-0.2, -0.15) is 0 Å². The van der Waals surface area contributed by atoms with Gasteiger partial charge in [-0.25, -0.2) is 4.39 Å². The van der Waals surface area contributed by atoms with E-state index in [-0.39, 0.29) is 5.82 Å². The summed E-state index contributed by atoms with van der Waals surface area (Å²) in [6, 6.07) is 3.51. The fourth-order valence-electron chi connectivity index (χ4n) is 3.03. The Bertz CT molecular complexity index is 435. The molecule has 86 valence electrons. The third kappa shape index (κ3) is 1.35. The number of halogens is 2. The van der Waals surface area contributed by atoms with Gasteiger partial charge in [-0.3, -0.25) is 0 Å². The Hall–Kier alpha value is -0.800. The lowest BCUT2D eigenvalue weighted by atomic mass is 9.90. The van der Waals surface area contributed by atoms with Gasteiger partial charge >= 0.3 is 0 Å². The van der Waals surface area contributed by atoms with Crippen LogP contribution in [-0.2, 0) is 0 Å². The van der Waals surface area contributed by atoms with Crippen LogP contribution in [-0.4, -0.2) is 26.2 Å². The summed E-state index contributed by atoms with van der Waals surface area (Å²) in [5.41, 5.74) is 2.08. The molecule has 1 aromatic rings. The molecule has 0 saturated carbocycles. The second kappa shape index (κ2) is 3.60. The van der Waals surface area contributed by atoms with Crippen LogP contribution in [0, 0.1) is 5.82 Å². The van der Waals surface area contributed by atoms with Crippen molar-refractivity contribution in [2.45, 2.75) is 18.4 Å². The van der Waals surface area contributed by atoms with Crippen molar-refractivity contribution >= 4 is 17.3 Å². The van der Waals surface area contributed by atoms with Gasteiger partial charge in [0.1, 0.15) is 5.82 Å². The molecule has 0 aliphatic carbocycles. The number of nitrogens with one attached hydrogen (secondary N) is 1. The van der Waals surface area contributed by atoms with Crippen LogP contribution in [0.5, 0.6) is 0 Å². The van der Waals surface area contributed by atoms with Crippen LogP contribution in [0.15, 0.2) is 12.1 Å². The van der Waals surface area contributed by atoms with Gasteiger partial charge in [0.05, 0.1) is 10.7 Å². The van der Waals surface area contributed by atoms with E-state index in [4.69, 9.17) is 11.6 Å². The van der Waals surface area contributed by atoms with Crippen molar-refractivity contribution in [2.75, 3.05) is 25.0 Å². The molecule has 2 atom stereocenters. The number of hydrogen-bond donors (Lipinski definition) is 1. The Morgan fingerprint density at radius 3 is 3.12 bits per heavy atom. The molecule has 1 saturated heterocycles. The van der Waals surface area contributed by atoms with Gasteiger partial charge in [0.2, 0.25) is 0 Å². The maximum absolute atomic E-state index is 13.4. The highest BCUT2D eigenvalue weighted by Crippen LogP contribution is 2.46. The molecular weight excluding hydrogens is 227 g/mol. The summed E-state index contributed by atoms with van der Waals surface area (Å²) in [6.07, 6.45) is 1.09. The molecule has 4 heteroatoms. The van der Waals surface area contributed by atoms with E-state index < -0.39 is 0 Å². The molecular formula is C12H14ClFN2. The van der Waals surface area contributed by atoms with Crippen LogP contribution < -0.4 is 10.2 Å². The quantitative estimate of drug-likeness (QED) is 0.749. The highest BCUT2D eigenvalue weighted by molar-refractivity contribution is 6.33. The molecule has 0 aromatic heterocycles. The highest BCUT2D eigenvalue weighted by Gasteiger charge is 2.39. The first kappa shape index (κ1) is 10.4. The zero-order chi connectivity index (χ0) is 11.3. The van der Waals surface area contributed by atoms with Crippen molar-refractivity contribution in [1.82, 2.24) is 5.32 Å². The minimum Gasteiger partial charge on any atom is -0.369 e. The number of benzene rings is 1. The van der Waals surface area contributed by atoms with Gasteiger partial charge in [-0.05, 0) is 30.7 Å². The minimum atomic E-state index is -0.233. The van der Waals surface area contributed by atoms with Gasteiger partial charge in [0, 0.05) is 25.6 Å². The summed E-state index contributed by atoms with van der Waals surface area (Å²) >= 11 is 6.13. The Morgan fingerprint density at radius 2 is 2.31 bits per heavy atom. The van der Waals surface area contributed by atoms with Crippen molar-refractivity contribution in [3.8, 4) is 0 Å². The van der Waals surface area contributed by atoms with Gasteiger partial charge in [0.25, 0.3) is 0 Å². The van der Waals surface area contributed by atoms with Gasteiger partial charge in [-0.15, -0.1) is 0 Å². The molecule has 1 fully saturated rings. The molecule has 0 amide bonds. The van der Waals surface area contributed by atoms with Crippen molar-refractivity contribution in [2.24, 2.45) is 0 Å². The maximum atomic E-state index is 13.4. The molecule has 2 aliphatic heterocycles. The number of hydrogen-bond acceptors (Lipinski definition) is 2. The maximum Gasteiger partial charge on any atom is 0.125 e. The number of nitrogens with zero attached hydrogens (tertiary/aromatic N) is 1. The number of likely N-dealkylation sites (N-methyl/N-ethyl adjacent to an activating group) is 1. The Balaban J connectivity index is 2.13. The SMILES string of the molecule is CN1c2c(Cl)cc(F)cc2C2CNCCC21. The molecule has 2 unspecified atom stereocenters. The fourth-order valence-corrected chi connectivity index (χ4v) is 3.38. The minimum absolute atomic E-state index is 0.233. The standard InChI is InChI=1S/C12H14ClFN2/c1-16-11-2-3-15-6-9(11)8-4-7(14)5-10(13)12(8)16/h4-5,9,11,15H,2-3,6H2,1H3. The largest absolute Gasteiger partial charge is 0.369 e. The van der Waals surface area contributed by atoms with Crippen molar-refractivity contribution in [3.05, 3.63) is 28.5 Å².